The van der Waals surface area contributed by atoms with Gasteiger partial charge in [0.15, 0.2) is 0 Å². The van der Waals surface area contributed by atoms with Crippen LogP contribution in [0, 0.1) is 5.82 Å². The van der Waals surface area contributed by atoms with Crippen LogP contribution in [-0.2, 0) is 0 Å². The van der Waals surface area contributed by atoms with E-state index in [1.807, 2.05) is 0 Å². The summed E-state index contributed by atoms with van der Waals surface area (Å²) < 4.78 is 19.7. The first-order valence-electron chi connectivity index (χ1n) is 5.76. The summed E-state index contributed by atoms with van der Waals surface area (Å²) in [5.41, 5.74) is 6.37. The van der Waals surface area contributed by atoms with Crippen molar-refractivity contribution >= 4 is 39.1 Å². The molecule has 1 atom stereocenters. The van der Waals surface area contributed by atoms with E-state index >= 15 is 0 Å². The first-order chi connectivity index (χ1) is 9.38. The van der Waals surface area contributed by atoms with Gasteiger partial charge in [-0.05, 0) is 47.1 Å². The van der Waals surface area contributed by atoms with E-state index in [1.165, 1.54) is 18.2 Å². The van der Waals surface area contributed by atoms with E-state index in [2.05, 4.69) is 15.9 Å². The molecule has 2 aromatic carbocycles. The highest BCUT2D eigenvalue weighted by molar-refractivity contribution is 9.10. The van der Waals surface area contributed by atoms with Crippen molar-refractivity contribution in [2.45, 2.75) is 13.0 Å². The quantitative estimate of drug-likeness (QED) is 0.694. The van der Waals surface area contributed by atoms with Crippen LogP contribution in [0.15, 0.2) is 34.8 Å². The van der Waals surface area contributed by atoms with Gasteiger partial charge >= 0.3 is 0 Å². The molecule has 0 fully saturated rings. The van der Waals surface area contributed by atoms with Crippen LogP contribution in [0.25, 0.3) is 0 Å². The maximum atomic E-state index is 13.3. The minimum atomic E-state index is -0.371. The molecule has 0 aliphatic heterocycles. The van der Waals surface area contributed by atoms with Gasteiger partial charge in [-0.25, -0.2) is 4.39 Å². The van der Waals surface area contributed by atoms with E-state index in [0.29, 0.717) is 31.6 Å². The summed E-state index contributed by atoms with van der Waals surface area (Å²) in [5.74, 6) is 0.458. The zero-order chi connectivity index (χ0) is 14.9. The van der Waals surface area contributed by atoms with Gasteiger partial charge in [-0.1, -0.05) is 23.2 Å². The van der Waals surface area contributed by atoms with Crippen LogP contribution in [0.5, 0.6) is 11.5 Å². The van der Waals surface area contributed by atoms with Crippen LogP contribution in [0.2, 0.25) is 10.0 Å². The Labute approximate surface area is 134 Å². The van der Waals surface area contributed by atoms with Crippen molar-refractivity contribution in [1.82, 2.24) is 0 Å². The molecule has 20 heavy (non-hydrogen) atoms. The third-order valence-electron chi connectivity index (χ3n) is 2.66. The van der Waals surface area contributed by atoms with Crippen molar-refractivity contribution in [1.29, 1.82) is 0 Å². The molecule has 0 amide bonds. The molecule has 0 aliphatic rings. The Hall–Kier alpha value is -0.810. The Morgan fingerprint density at radius 2 is 1.85 bits per heavy atom. The smallest absolute Gasteiger partial charge is 0.147 e. The van der Waals surface area contributed by atoms with Gasteiger partial charge in [-0.3, -0.25) is 0 Å². The van der Waals surface area contributed by atoms with Crippen molar-refractivity contribution < 1.29 is 9.13 Å². The van der Waals surface area contributed by atoms with Crippen molar-refractivity contribution in [2.75, 3.05) is 0 Å². The SMILES string of the molecule is C[C@H](N)c1cc(F)ccc1Oc1cc(Cl)c(Br)cc1Cl. The normalized spacial score (nSPS) is 12.3. The molecule has 106 valence electrons. The van der Waals surface area contributed by atoms with Crippen LogP contribution >= 0.6 is 39.1 Å². The Morgan fingerprint density at radius 3 is 2.50 bits per heavy atom. The molecule has 2 nitrogen and oxygen atoms in total. The third-order valence-corrected chi connectivity index (χ3v) is 4.15. The van der Waals surface area contributed by atoms with E-state index in [1.54, 1.807) is 19.1 Å². The predicted molar refractivity (Wildman–Crippen MR) is 83.2 cm³/mol. The minimum Gasteiger partial charge on any atom is -0.455 e. The summed E-state index contributed by atoms with van der Waals surface area (Å²) in [6.45, 7) is 1.75. The molecule has 2 aromatic rings. The van der Waals surface area contributed by atoms with Gasteiger partial charge in [0.25, 0.3) is 0 Å². The molecule has 0 spiro atoms. The fraction of sp³-hybridized carbons (Fsp3) is 0.143. The van der Waals surface area contributed by atoms with Gasteiger partial charge in [-0.2, -0.15) is 0 Å². The van der Waals surface area contributed by atoms with Crippen LogP contribution in [0.1, 0.15) is 18.5 Å². The van der Waals surface area contributed by atoms with Gasteiger partial charge in [-0.15, -0.1) is 0 Å². The molecule has 0 saturated carbocycles. The van der Waals surface area contributed by atoms with E-state index < -0.39 is 0 Å². The summed E-state index contributed by atoms with van der Waals surface area (Å²) in [6, 6.07) is 7.01. The van der Waals surface area contributed by atoms with E-state index in [9.17, 15) is 4.39 Å². The summed E-state index contributed by atoms with van der Waals surface area (Å²) in [7, 11) is 0. The lowest BCUT2D eigenvalue weighted by Gasteiger charge is -2.15. The number of rotatable bonds is 3. The monoisotopic (exact) mass is 377 g/mol. The second-order valence-electron chi connectivity index (χ2n) is 4.27. The molecule has 6 heteroatoms. The van der Waals surface area contributed by atoms with Crippen LogP contribution in [0.4, 0.5) is 4.39 Å². The summed E-state index contributed by atoms with van der Waals surface area (Å²) >= 11 is 15.4. The number of halogens is 4. The lowest BCUT2D eigenvalue weighted by atomic mass is 10.1. The predicted octanol–water partition coefficient (Wildman–Crippen LogP) is 5.71. The lowest BCUT2D eigenvalue weighted by Crippen LogP contribution is -2.07. The molecule has 0 radical (unpaired) electrons. The van der Waals surface area contributed by atoms with Crippen LogP contribution in [0.3, 0.4) is 0 Å². The Morgan fingerprint density at radius 1 is 1.15 bits per heavy atom. The number of benzene rings is 2. The largest absolute Gasteiger partial charge is 0.455 e. The average Bonchev–Trinajstić information content (AvgIpc) is 2.37. The highest BCUT2D eigenvalue weighted by atomic mass is 79.9. The number of hydrogen-bond donors (Lipinski definition) is 1. The molecule has 0 unspecified atom stereocenters. The first kappa shape index (κ1) is 15.6. The Kier molecular flexibility index (Phi) is 4.91. The molecule has 0 saturated heterocycles. The van der Waals surface area contributed by atoms with E-state index in [4.69, 9.17) is 33.7 Å². The standard InChI is InChI=1S/C14H11BrCl2FNO/c1-7(19)9-4-8(18)2-3-13(9)20-14-6-11(16)10(15)5-12(14)17/h2-7H,19H2,1H3/t7-/m0/s1. The molecule has 0 aliphatic carbocycles. The zero-order valence-electron chi connectivity index (χ0n) is 10.5. The van der Waals surface area contributed by atoms with Gasteiger partial charge in [0.2, 0.25) is 0 Å². The van der Waals surface area contributed by atoms with Crippen LogP contribution < -0.4 is 10.5 Å². The van der Waals surface area contributed by atoms with Gasteiger partial charge in [0.1, 0.15) is 17.3 Å². The van der Waals surface area contributed by atoms with Gasteiger partial charge in [0, 0.05) is 22.1 Å². The fourth-order valence-electron chi connectivity index (χ4n) is 1.67. The fourth-order valence-corrected chi connectivity index (χ4v) is 2.50. The maximum Gasteiger partial charge on any atom is 0.147 e. The topological polar surface area (TPSA) is 35.2 Å². The number of hydrogen-bond acceptors (Lipinski definition) is 2. The second-order valence-corrected chi connectivity index (χ2v) is 5.94. The second kappa shape index (κ2) is 6.31. The molecule has 2 rings (SSSR count). The summed E-state index contributed by atoms with van der Waals surface area (Å²) in [5, 5.41) is 0.857. The first-order valence-corrected chi connectivity index (χ1v) is 7.31. The summed E-state index contributed by atoms with van der Waals surface area (Å²) in [6.07, 6.45) is 0. The lowest BCUT2D eigenvalue weighted by molar-refractivity contribution is 0.469. The third kappa shape index (κ3) is 3.44. The van der Waals surface area contributed by atoms with Crippen molar-refractivity contribution in [3.05, 3.63) is 56.2 Å². The molecule has 0 bridgehead atoms. The van der Waals surface area contributed by atoms with Crippen molar-refractivity contribution in [3.8, 4) is 11.5 Å². The van der Waals surface area contributed by atoms with Crippen molar-refractivity contribution in [2.24, 2.45) is 5.73 Å². The minimum absolute atomic E-state index is 0.370. The van der Waals surface area contributed by atoms with E-state index in [0.717, 1.165) is 0 Å². The van der Waals surface area contributed by atoms with Crippen LogP contribution in [-0.4, -0.2) is 0 Å². The highest BCUT2D eigenvalue weighted by Crippen LogP contribution is 2.38. The average molecular weight is 379 g/mol. The van der Waals surface area contributed by atoms with Crippen molar-refractivity contribution in [3.63, 3.8) is 0 Å². The summed E-state index contributed by atoms with van der Waals surface area (Å²) in [4.78, 5) is 0. The number of ether oxygens (including phenoxy) is 1. The molecular formula is C14H11BrCl2FNO. The van der Waals surface area contributed by atoms with Gasteiger partial charge in [0.05, 0.1) is 10.0 Å². The molecule has 0 aromatic heterocycles. The van der Waals surface area contributed by atoms with E-state index in [-0.39, 0.29) is 11.9 Å². The Balaban J connectivity index is 2.42. The highest BCUT2D eigenvalue weighted by Gasteiger charge is 2.13. The zero-order valence-corrected chi connectivity index (χ0v) is 13.6. The van der Waals surface area contributed by atoms with Gasteiger partial charge < -0.3 is 10.5 Å². The molecular weight excluding hydrogens is 368 g/mol. The number of nitrogens with two attached hydrogens (primary N) is 1. The molecule has 0 heterocycles. The molecule has 2 N–H and O–H groups in total. The Bertz CT molecular complexity index is 649. The maximum absolute atomic E-state index is 13.3.